The molecule has 180 valence electrons. The van der Waals surface area contributed by atoms with E-state index in [1.165, 1.54) is 6.07 Å². The maximum atomic E-state index is 14.3. The van der Waals surface area contributed by atoms with Gasteiger partial charge in [-0.2, -0.15) is 13.2 Å². The van der Waals surface area contributed by atoms with Gasteiger partial charge in [0.05, 0.1) is 10.5 Å². The van der Waals surface area contributed by atoms with Crippen molar-refractivity contribution in [2.75, 3.05) is 0 Å². The Morgan fingerprint density at radius 2 is 1.59 bits per heavy atom. The first-order valence-electron chi connectivity index (χ1n) is 11.4. The summed E-state index contributed by atoms with van der Waals surface area (Å²) in [6.45, 7) is 10.1. The van der Waals surface area contributed by atoms with Crippen molar-refractivity contribution in [3.63, 3.8) is 0 Å². The number of amides is 2. The van der Waals surface area contributed by atoms with Gasteiger partial charge in [-0.15, -0.1) is 0 Å². The molecule has 4 rings (SSSR count). The largest absolute Gasteiger partial charge is 0.417 e. The molecule has 2 aromatic carbocycles. The standard InChI is InChI=1S/C27H28F3NO2S/c1-6-16-11-15(12-22-23(32)31-24(33)34-22)7-8-17(16)18-13-20-21(14-19(18)27(28,29)30)26(4,5)10-9-25(20,2)3/h7-8,11-14H,6,9-10H2,1-5H3,(H,31,32,33)/b22-12-. The quantitative estimate of drug-likeness (QED) is 0.453. The van der Waals surface area contributed by atoms with E-state index in [1.807, 2.05) is 20.8 Å². The second-order valence-electron chi connectivity index (χ2n) is 10.3. The molecule has 0 aromatic heterocycles. The molecule has 0 bridgehead atoms. The molecule has 3 nitrogen and oxygen atoms in total. The Morgan fingerprint density at radius 1 is 0.971 bits per heavy atom. The Balaban J connectivity index is 1.91. The van der Waals surface area contributed by atoms with Crippen LogP contribution < -0.4 is 5.32 Å². The smallest absolute Gasteiger partial charge is 0.282 e. The summed E-state index contributed by atoms with van der Waals surface area (Å²) in [5.41, 5.74) is 2.72. The van der Waals surface area contributed by atoms with Crippen molar-refractivity contribution in [2.24, 2.45) is 0 Å². The zero-order valence-corrected chi connectivity index (χ0v) is 20.8. The number of carbonyl (C=O) groups excluding carboxylic acids is 2. The number of imide groups is 1. The Morgan fingerprint density at radius 3 is 2.12 bits per heavy atom. The molecule has 1 aliphatic carbocycles. The summed E-state index contributed by atoms with van der Waals surface area (Å²) in [5, 5.41) is 1.78. The third-order valence-corrected chi connectivity index (χ3v) is 7.85. The van der Waals surface area contributed by atoms with Crippen molar-refractivity contribution in [1.29, 1.82) is 0 Å². The van der Waals surface area contributed by atoms with Crippen molar-refractivity contribution < 1.29 is 22.8 Å². The van der Waals surface area contributed by atoms with E-state index in [0.717, 1.165) is 41.3 Å². The molecule has 1 aliphatic heterocycles. The first-order chi connectivity index (χ1) is 15.7. The lowest BCUT2D eigenvalue weighted by Crippen LogP contribution is -2.34. The maximum absolute atomic E-state index is 14.3. The molecule has 1 heterocycles. The van der Waals surface area contributed by atoms with Crippen molar-refractivity contribution in [3.05, 3.63) is 63.1 Å². The lowest BCUT2D eigenvalue weighted by atomic mass is 9.62. The number of hydrogen-bond acceptors (Lipinski definition) is 3. The number of halogens is 3. The number of carbonyl (C=O) groups is 2. The Kier molecular flexibility index (Phi) is 6.00. The van der Waals surface area contributed by atoms with Crippen LogP contribution in [0, 0.1) is 0 Å². The minimum Gasteiger partial charge on any atom is -0.282 e. The Labute approximate surface area is 202 Å². The molecule has 2 amide bonds. The Hall–Kier alpha value is -2.54. The molecule has 2 aromatic rings. The average molecular weight is 488 g/mol. The van der Waals surface area contributed by atoms with E-state index in [9.17, 15) is 22.8 Å². The lowest BCUT2D eigenvalue weighted by Gasteiger charge is -2.42. The van der Waals surface area contributed by atoms with Crippen LogP contribution in [-0.2, 0) is 28.2 Å². The molecule has 0 atom stereocenters. The second kappa shape index (κ2) is 8.29. The van der Waals surface area contributed by atoms with Crippen LogP contribution in [0.2, 0.25) is 0 Å². The van der Waals surface area contributed by atoms with Crippen molar-refractivity contribution in [3.8, 4) is 11.1 Å². The van der Waals surface area contributed by atoms with Crippen LogP contribution in [0.15, 0.2) is 35.2 Å². The van der Waals surface area contributed by atoms with Gasteiger partial charge in [0.1, 0.15) is 0 Å². The summed E-state index contributed by atoms with van der Waals surface area (Å²) in [6.07, 6.45) is -0.637. The highest BCUT2D eigenvalue weighted by Gasteiger charge is 2.42. The SMILES string of the molecule is CCc1cc(/C=C2\SC(=O)NC2=O)ccc1-c1cc2c(cc1C(F)(F)F)C(C)(C)CCC2(C)C. The summed E-state index contributed by atoms with van der Waals surface area (Å²) in [6, 6.07) is 8.32. The van der Waals surface area contributed by atoms with Crippen LogP contribution in [0.5, 0.6) is 0 Å². The van der Waals surface area contributed by atoms with Crippen molar-refractivity contribution >= 4 is 29.0 Å². The van der Waals surface area contributed by atoms with E-state index >= 15 is 0 Å². The predicted molar refractivity (Wildman–Crippen MR) is 131 cm³/mol. The van der Waals surface area contributed by atoms with Gasteiger partial charge in [0.25, 0.3) is 11.1 Å². The maximum Gasteiger partial charge on any atom is 0.417 e. The first kappa shape index (κ1) is 24.6. The van der Waals surface area contributed by atoms with Gasteiger partial charge in [0, 0.05) is 0 Å². The topological polar surface area (TPSA) is 46.2 Å². The van der Waals surface area contributed by atoms with Crippen LogP contribution in [0.25, 0.3) is 17.2 Å². The zero-order chi connectivity index (χ0) is 25.1. The molecule has 0 spiro atoms. The van der Waals surface area contributed by atoms with E-state index in [4.69, 9.17) is 0 Å². The highest BCUT2D eigenvalue weighted by atomic mass is 32.2. The summed E-state index contributed by atoms with van der Waals surface area (Å²) in [5.74, 6) is -0.462. The number of hydrogen-bond donors (Lipinski definition) is 1. The molecule has 0 saturated carbocycles. The lowest BCUT2D eigenvalue weighted by molar-refractivity contribution is -0.137. The van der Waals surface area contributed by atoms with Crippen LogP contribution >= 0.6 is 11.8 Å². The highest BCUT2D eigenvalue weighted by molar-refractivity contribution is 8.18. The van der Waals surface area contributed by atoms with E-state index in [2.05, 4.69) is 19.2 Å². The molecular weight excluding hydrogens is 459 g/mol. The van der Waals surface area contributed by atoms with Gasteiger partial charge in [0.15, 0.2) is 0 Å². The van der Waals surface area contributed by atoms with Crippen LogP contribution in [-0.4, -0.2) is 11.1 Å². The third-order valence-electron chi connectivity index (χ3n) is 7.04. The molecule has 34 heavy (non-hydrogen) atoms. The van der Waals surface area contributed by atoms with Gasteiger partial charge in [0.2, 0.25) is 0 Å². The van der Waals surface area contributed by atoms with Crippen LogP contribution in [0.3, 0.4) is 0 Å². The molecule has 1 fully saturated rings. The van der Waals surface area contributed by atoms with E-state index < -0.39 is 22.9 Å². The fourth-order valence-corrected chi connectivity index (χ4v) is 5.58. The second-order valence-corrected chi connectivity index (χ2v) is 11.3. The molecule has 7 heteroatoms. The first-order valence-corrected chi connectivity index (χ1v) is 12.2. The van der Waals surface area contributed by atoms with Gasteiger partial charge < -0.3 is 0 Å². The van der Waals surface area contributed by atoms with Crippen molar-refractivity contribution in [2.45, 2.75) is 70.9 Å². The van der Waals surface area contributed by atoms with Crippen LogP contribution in [0.1, 0.15) is 75.3 Å². The number of benzene rings is 2. The number of aryl methyl sites for hydroxylation is 1. The monoisotopic (exact) mass is 487 g/mol. The summed E-state index contributed by atoms with van der Waals surface area (Å²) >= 11 is 0.816. The summed E-state index contributed by atoms with van der Waals surface area (Å²) in [7, 11) is 0. The van der Waals surface area contributed by atoms with Gasteiger partial charge >= 0.3 is 6.18 Å². The molecule has 1 N–H and O–H groups in total. The summed E-state index contributed by atoms with van der Waals surface area (Å²) < 4.78 is 43.0. The van der Waals surface area contributed by atoms with Gasteiger partial charge in [-0.25, -0.2) is 0 Å². The average Bonchev–Trinajstić information content (AvgIpc) is 3.06. The van der Waals surface area contributed by atoms with E-state index in [0.29, 0.717) is 17.5 Å². The van der Waals surface area contributed by atoms with Crippen molar-refractivity contribution in [1.82, 2.24) is 5.32 Å². The third kappa shape index (κ3) is 4.42. The minimum atomic E-state index is -4.49. The van der Waals surface area contributed by atoms with E-state index in [-0.39, 0.29) is 21.3 Å². The van der Waals surface area contributed by atoms with Crippen LogP contribution in [0.4, 0.5) is 18.0 Å². The molecule has 2 aliphatic rings. The molecule has 0 radical (unpaired) electrons. The van der Waals surface area contributed by atoms with Gasteiger partial charge in [-0.1, -0.05) is 52.8 Å². The number of fused-ring (bicyclic) bond motifs is 1. The minimum absolute atomic E-state index is 0.191. The summed E-state index contributed by atoms with van der Waals surface area (Å²) in [4.78, 5) is 23.6. The fraction of sp³-hybridized carbons (Fsp3) is 0.407. The molecular formula is C27H28F3NO2S. The number of thioether (sulfide) groups is 1. The number of alkyl halides is 3. The molecule has 1 saturated heterocycles. The number of rotatable bonds is 3. The van der Waals surface area contributed by atoms with Gasteiger partial charge in [-0.05, 0) is 93.4 Å². The van der Waals surface area contributed by atoms with Gasteiger partial charge in [-0.3, -0.25) is 14.9 Å². The molecule has 0 unspecified atom stereocenters. The number of nitrogens with one attached hydrogen (secondary N) is 1. The zero-order valence-electron chi connectivity index (χ0n) is 19.9. The highest BCUT2D eigenvalue weighted by Crippen LogP contribution is 2.50. The predicted octanol–water partition coefficient (Wildman–Crippen LogP) is 7.61. The van der Waals surface area contributed by atoms with E-state index in [1.54, 1.807) is 30.3 Å². The Bertz CT molecular complexity index is 1230. The normalized spacial score (nSPS) is 20.4. The fourth-order valence-electron chi connectivity index (χ4n) is 4.90.